The maximum Gasteiger partial charge on any atom is 0.322 e. The van der Waals surface area contributed by atoms with Crippen LogP contribution < -0.4 is 5.32 Å². The van der Waals surface area contributed by atoms with Crippen molar-refractivity contribution in [3.8, 4) is 0 Å². The lowest BCUT2D eigenvalue weighted by Gasteiger charge is -2.41. The van der Waals surface area contributed by atoms with E-state index in [9.17, 15) is 19.2 Å². The van der Waals surface area contributed by atoms with Gasteiger partial charge in [-0.1, -0.05) is 36.4 Å². The first kappa shape index (κ1) is 34.5. The van der Waals surface area contributed by atoms with Crippen molar-refractivity contribution in [2.45, 2.75) is 83.1 Å². The lowest BCUT2D eigenvalue weighted by molar-refractivity contribution is -0.143. The average molecular weight is 684 g/mol. The normalized spacial score (nSPS) is 21.7. The lowest BCUT2D eigenvalue weighted by atomic mass is 9.78. The first-order valence-electron chi connectivity index (χ1n) is 19.1. The fourth-order valence-corrected chi connectivity index (χ4v) is 9.41. The van der Waals surface area contributed by atoms with Crippen molar-refractivity contribution >= 4 is 29.5 Å². The number of hydrogen-bond donors (Lipinski definition) is 2. The Morgan fingerprint density at radius 3 is 2.18 bits per heavy atom. The summed E-state index contributed by atoms with van der Waals surface area (Å²) in [6.45, 7) is 5.08. The van der Waals surface area contributed by atoms with Crippen molar-refractivity contribution in [1.29, 1.82) is 0 Å². The highest BCUT2D eigenvalue weighted by Gasteiger charge is 2.36. The predicted octanol–water partition coefficient (Wildman–Crippen LogP) is 4.84. The lowest BCUT2D eigenvalue weighted by Crippen LogP contribution is -2.50. The van der Waals surface area contributed by atoms with Crippen LogP contribution in [-0.4, -0.2) is 107 Å². The van der Waals surface area contributed by atoms with E-state index in [0.29, 0.717) is 37.9 Å². The number of nitrogens with zero attached hydrogens (tertiary/aromatic N) is 4. The van der Waals surface area contributed by atoms with Crippen molar-refractivity contribution in [3.05, 3.63) is 64.7 Å². The van der Waals surface area contributed by atoms with Crippen LogP contribution in [0.3, 0.4) is 0 Å². The van der Waals surface area contributed by atoms with Crippen LogP contribution in [0.1, 0.15) is 73.6 Å². The molecule has 0 bridgehead atoms. The Bertz CT molecular complexity index is 1550. The molecule has 0 saturated carbocycles. The topological polar surface area (TPSA) is 114 Å². The minimum Gasteiger partial charge on any atom is -0.480 e. The molecule has 1 aliphatic carbocycles. The largest absolute Gasteiger partial charge is 0.480 e. The molecule has 10 nitrogen and oxygen atoms in total. The molecule has 1 atom stereocenters. The molecule has 4 heterocycles. The van der Waals surface area contributed by atoms with Crippen molar-refractivity contribution < 1.29 is 24.3 Å². The summed E-state index contributed by atoms with van der Waals surface area (Å²) >= 11 is 0. The van der Waals surface area contributed by atoms with Crippen LogP contribution in [0.15, 0.2) is 42.5 Å². The van der Waals surface area contributed by atoms with Crippen LogP contribution in [0.4, 0.5) is 10.5 Å². The maximum atomic E-state index is 14.2. The van der Waals surface area contributed by atoms with Crippen molar-refractivity contribution in [2.75, 3.05) is 57.7 Å². The van der Waals surface area contributed by atoms with Crippen LogP contribution in [-0.2, 0) is 40.1 Å². The number of carbonyl (C=O) groups is 4. The number of fused-ring (bicyclic) bond motifs is 2. The molecule has 0 aromatic heterocycles. The average Bonchev–Trinajstić information content (AvgIpc) is 3.53. The molecule has 4 amide bonds. The van der Waals surface area contributed by atoms with E-state index < -0.39 is 11.9 Å². The van der Waals surface area contributed by atoms with Crippen LogP contribution in [0, 0.1) is 17.8 Å². The smallest absolute Gasteiger partial charge is 0.322 e. The standard InChI is InChI=1S/C40H53N5O5/c46-37(43-21-15-35(16-22-43)45-23-14-32-4-1-2-7-36(32)41-40(45)50)26-34(25-28-8-9-29-5-3-6-33(29)24-28)39(49)44-19-12-31(13-20-44)30-10-17-42(18-11-30)27-38(47)48/h1-2,4,7-9,24,30-31,34-35H,3,5-6,10-23,25-27H2,(H,41,50)(H,47,48). The highest BCUT2D eigenvalue weighted by atomic mass is 16.4. The number of likely N-dealkylation sites (tertiary alicyclic amines) is 3. The quantitative estimate of drug-likeness (QED) is 0.391. The Kier molecular flexibility index (Phi) is 10.7. The molecule has 10 heteroatoms. The molecule has 4 aliphatic heterocycles. The molecule has 7 rings (SSSR count). The van der Waals surface area contributed by atoms with Crippen LogP contribution in [0.25, 0.3) is 0 Å². The summed E-state index contributed by atoms with van der Waals surface area (Å²) < 4.78 is 0. The van der Waals surface area contributed by atoms with Gasteiger partial charge in [0.15, 0.2) is 0 Å². The SMILES string of the molecule is O=C(O)CN1CCC(C2CCN(C(=O)C(CC(=O)N3CCC(N4CCc5ccccc5NC4=O)CC3)Cc3ccc4c(c3)CCC4)CC2)CC1. The third kappa shape index (κ3) is 8.01. The summed E-state index contributed by atoms with van der Waals surface area (Å²) in [6.07, 6.45) is 10.4. The molecule has 0 radical (unpaired) electrons. The zero-order valence-corrected chi connectivity index (χ0v) is 29.4. The zero-order chi connectivity index (χ0) is 34.6. The van der Waals surface area contributed by atoms with Crippen molar-refractivity contribution in [3.63, 3.8) is 0 Å². The Morgan fingerprint density at radius 2 is 1.44 bits per heavy atom. The third-order valence-corrected chi connectivity index (χ3v) is 12.3. The molecule has 1 unspecified atom stereocenters. The molecule has 50 heavy (non-hydrogen) atoms. The van der Waals surface area contributed by atoms with Gasteiger partial charge in [-0.3, -0.25) is 19.3 Å². The second-order valence-electron chi connectivity index (χ2n) is 15.4. The molecule has 5 aliphatic rings. The second-order valence-corrected chi connectivity index (χ2v) is 15.4. The van der Waals surface area contributed by atoms with E-state index in [1.165, 1.54) is 17.5 Å². The number of benzene rings is 2. The number of anilines is 1. The van der Waals surface area contributed by atoms with Crippen LogP contribution in [0.5, 0.6) is 0 Å². The predicted molar refractivity (Wildman–Crippen MR) is 192 cm³/mol. The van der Waals surface area contributed by atoms with Gasteiger partial charge in [0.05, 0.1) is 12.5 Å². The molecule has 2 aromatic carbocycles. The minimum atomic E-state index is -0.763. The van der Waals surface area contributed by atoms with E-state index in [2.05, 4.69) is 29.6 Å². The number of carbonyl (C=O) groups excluding carboxylic acids is 3. The number of para-hydroxylation sites is 1. The molecule has 3 fully saturated rings. The summed E-state index contributed by atoms with van der Waals surface area (Å²) in [5.41, 5.74) is 5.98. The highest BCUT2D eigenvalue weighted by Crippen LogP contribution is 2.34. The number of aryl methyl sites for hydroxylation is 2. The van der Waals surface area contributed by atoms with Gasteiger partial charge in [-0.2, -0.15) is 0 Å². The van der Waals surface area contributed by atoms with E-state index >= 15 is 0 Å². The van der Waals surface area contributed by atoms with Gasteiger partial charge in [-0.25, -0.2) is 4.79 Å². The monoisotopic (exact) mass is 683 g/mol. The van der Waals surface area contributed by atoms with E-state index in [4.69, 9.17) is 5.11 Å². The summed E-state index contributed by atoms with van der Waals surface area (Å²) in [4.78, 5) is 60.3. The number of carboxylic acid groups (broad SMARTS) is 1. The fourth-order valence-electron chi connectivity index (χ4n) is 9.41. The number of rotatable bonds is 9. The number of hydrogen-bond acceptors (Lipinski definition) is 5. The molecule has 0 spiro atoms. The van der Waals surface area contributed by atoms with Crippen molar-refractivity contribution in [2.24, 2.45) is 17.8 Å². The van der Waals surface area contributed by atoms with Gasteiger partial charge in [0.25, 0.3) is 0 Å². The first-order valence-corrected chi connectivity index (χ1v) is 19.1. The summed E-state index contributed by atoms with van der Waals surface area (Å²) in [7, 11) is 0. The van der Waals surface area contributed by atoms with Gasteiger partial charge in [-0.05, 0) is 124 Å². The summed E-state index contributed by atoms with van der Waals surface area (Å²) in [6, 6.07) is 14.6. The molecular formula is C40H53N5O5. The molecule has 2 aromatic rings. The van der Waals surface area contributed by atoms with Gasteiger partial charge in [0, 0.05) is 50.9 Å². The van der Waals surface area contributed by atoms with E-state index in [1.54, 1.807) is 0 Å². The van der Waals surface area contributed by atoms with Crippen molar-refractivity contribution in [1.82, 2.24) is 19.6 Å². The maximum absolute atomic E-state index is 14.2. The Morgan fingerprint density at radius 1 is 0.760 bits per heavy atom. The first-order chi connectivity index (χ1) is 24.3. The van der Waals surface area contributed by atoms with E-state index in [-0.39, 0.29) is 36.9 Å². The van der Waals surface area contributed by atoms with Gasteiger partial charge in [-0.15, -0.1) is 0 Å². The van der Waals surface area contributed by atoms with Crippen LogP contribution >= 0.6 is 0 Å². The Hall–Kier alpha value is -3.92. The van der Waals surface area contributed by atoms with E-state index in [0.717, 1.165) is 101 Å². The number of piperidine rings is 3. The number of carboxylic acids is 1. The highest BCUT2D eigenvalue weighted by molar-refractivity contribution is 5.91. The minimum absolute atomic E-state index is 0.0405. The van der Waals surface area contributed by atoms with Crippen LogP contribution in [0.2, 0.25) is 0 Å². The number of amides is 4. The zero-order valence-electron chi connectivity index (χ0n) is 29.4. The molecular weight excluding hydrogens is 630 g/mol. The number of urea groups is 1. The fraction of sp³-hybridized carbons (Fsp3) is 0.600. The van der Waals surface area contributed by atoms with E-state index in [1.807, 2.05) is 37.8 Å². The molecule has 268 valence electrons. The Balaban J connectivity index is 0.957. The molecule has 3 saturated heterocycles. The number of aliphatic carboxylic acids is 1. The third-order valence-electron chi connectivity index (χ3n) is 12.3. The van der Waals surface area contributed by atoms with Gasteiger partial charge in [0.2, 0.25) is 11.8 Å². The second kappa shape index (κ2) is 15.5. The Labute approximate surface area is 296 Å². The summed E-state index contributed by atoms with van der Waals surface area (Å²) in [5, 5.41) is 12.2. The van der Waals surface area contributed by atoms with Gasteiger partial charge >= 0.3 is 12.0 Å². The number of nitrogens with one attached hydrogen (secondary N) is 1. The van der Waals surface area contributed by atoms with Gasteiger partial charge < -0.3 is 25.1 Å². The summed E-state index contributed by atoms with van der Waals surface area (Å²) in [5.74, 6) is 0.124. The molecule has 2 N–H and O–H groups in total. The van der Waals surface area contributed by atoms with Gasteiger partial charge in [0.1, 0.15) is 0 Å².